The Hall–Kier alpha value is -2.64. The van der Waals surface area contributed by atoms with E-state index in [1.807, 2.05) is 6.92 Å². The second-order valence-electron chi connectivity index (χ2n) is 5.38. The fourth-order valence-electron chi connectivity index (χ4n) is 2.29. The Morgan fingerprint density at radius 1 is 1.12 bits per heavy atom. The molecule has 2 aromatic carbocycles. The molecule has 0 radical (unpaired) electrons. The van der Waals surface area contributed by atoms with Crippen LogP contribution in [0.1, 0.15) is 18.1 Å². The molecule has 25 heavy (non-hydrogen) atoms. The zero-order chi connectivity index (χ0) is 18.4. The van der Waals surface area contributed by atoms with Crippen molar-refractivity contribution in [2.45, 2.75) is 18.7 Å². The van der Waals surface area contributed by atoms with Crippen molar-refractivity contribution in [1.29, 1.82) is 0 Å². The zero-order valence-corrected chi connectivity index (χ0v) is 14.8. The van der Waals surface area contributed by atoms with E-state index in [1.54, 1.807) is 55.5 Å². The van der Waals surface area contributed by atoms with Gasteiger partial charge in [-0.15, -0.1) is 0 Å². The van der Waals surface area contributed by atoms with Gasteiger partial charge in [0.15, 0.2) is 0 Å². The maximum absolute atomic E-state index is 12.8. The van der Waals surface area contributed by atoms with Gasteiger partial charge in [0.2, 0.25) is 0 Å². The Bertz CT molecular complexity index is 857. The molecule has 0 spiro atoms. The molecule has 0 heterocycles. The molecule has 0 aliphatic carbocycles. The van der Waals surface area contributed by atoms with E-state index in [9.17, 15) is 13.2 Å². The van der Waals surface area contributed by atoms with Crippen LogP contribution in [-0.2, 0) is 14.8 Å². The van der Waals surface area contributed by atoms with Crippen LogP contribution in [0.3, 0.4) is 0 Å². The summed E-state index contributed by atoms with van der Waals surface area (Å²) in [5.74, 6) is -0.638. The number of hydrogen-bond donors (Lipinski definition) is 2. The summed E-state index contributed by atoms with van der Waals surface area (Å²) in [6.45, 7) is 3.96. The number of aryl methyl sites for hydroxylation is 1. The van der Waals surface area contributed by atoms with Crippen LogP contribution in [0.15, 0.2) is 59.5 Å². The Morgan fingerprint density at radius 2 is 1.72 bits per heavy atom. The number of hydrogen-bond acceptors (Lipinski definition) is 4. The normalized spacial score (nSPS) is 11.5. The van der Waals surface area contributed by atoms with Gasteiger partial charge >= 0.3 is 0 Å². The van der Waals surface area contributed by atoms with E-state index in [0.29, 0.717) is 11.3 Å². The molecule has 0 saturated heterocycles. The maximum Gasteiger partial charge on any atom is 0.267 e. The Balaban J connectivity index is 2.29. The fourth-order valence-corrected chi connectivity index (χ4v) is 3.76. The van der Waals surface area contributed by atoms with Gasteiger partial charge in [-0.1, -0.05) is 29.8 Å². The molecule has 0 aromatic heterocycles. The largest absolute Gasteiger partial charge is 0.288 e. The molecular weight excluding hydrogens is 340 g/mol. The fraction of sp³-hybridized carbons (Fsp3) is 0.167. The number of nitrogens with one attached hydrogen (secondary N) is 1. The van der Waals surface area contributed by atoms with E-state index in [0.717, 1.165) is 5.56 Å². The summed E-state index contributed by atoms with van der Waals surface area (Å²) in [6.07, 6.45) is 2.69. The minimum Gasteiger partial charge on any atom is -0.288 e. The molecule has 0 atom stereocenters. The summed E-state index contributed by atoms with van der Waals surface area (Å²) in [6, 6.07) is 13.5. The monoisotopic (exact) mass is 360 g/mol. The molecule has 0 fully saturated rings. The number of amides is 1. The maximum atomic E-state index is 12.8. The van der Waals surface area contributed by atoms with Gasteiger partial charge in [0.25, 0.3) is 15.9 Å². The van der Waals surface area contributed by atoms with Crippen molar-refractivity contribution in [3.8, 4) is 0 Å². The summed E-state index contributed by atoms with van der Waals surface area (Å²) < 4.78 is 27.0. The van der Waals surface area contributed by atoms with Gasteiger partial charge in [-0.2, -0.15) is 0 Å². The smallest absolute Gasteiger partial charge is 0.267 e. The van der Waals surface area contributed by atoms with Crippen molar-refractivity contribution in [2.75, 3.05) is 10.8 Å². The van der Waals surface area contributed by atoms with Gasteiger partial charge in [0, 0.05) is 12.6 Å². The van der Waals surface area contributed by atoms with E-state index >= 15 is 0 Å². The number of hydroxylamine groups is 1. The quantitative estimate of drug-likeness (QED) is 0.471. The molecule has 6 nitrogen and oxygen atoms in total. The third kappa shape index (κ3) is 4.46. The van der Waals surface area contributed by atoms with Gasteiger partial charge in [0.1, 0.15) is 0 Å². The number of carbonyl (C=O) groups is 1. The lowest BCUT2D eigenvalue weighted by molar-refractivity contribution is -0.124. The van der Waals surface area contributed by atoms with Crippen LogP contribution >= 0.6 is 0 Å². The molecular formula is C18H20N2O4S. The predicted octanol–water partition coefficient (Wildman–Crippen LogP) is 2.73. The second-order valence-corrected chi connectivity index (χ2v) is 7.25. The van der Waals surface area contributed by atoms with Crippen molar-refractivity contribution < 1.29 is 18.4 Å². The van der Waals surface area contributed by atoms with E-state index in [1.165, 1.54) is 21.9 Å². The van der Waals surface area contributed by atoms with Crippen molar-refractivity contribution in [1.82, 2.24) is 5.48 Å². The van der Waals surface area contributed by atoms with Crippen molar-refractivity contribution in [3.63, 3.8) is 0 Å². The van der Waals surface area contributed by atoms with Gasteiger partial charge in [-0.05, 0) is 49.8 Å². The predicted molar refractivity (Wildman–Crippen MR) is 96.8 cm³/mol. The standard InChI is InChI=1S/C18H20N2O4S/c1-3-20(25(23,24)17-11-4-14(2)5-12-17)16-9-6-15(7-10-16)8-13-18(21)19-22/h4-13,22H,3H2,1-2H3,(H,19,21)/b13-8+. The van der Waals surface area contributed by atoms with Crippen molar-refractivity contribution in [3.05, 3.63) is 65.7 Å². The number of rotatable bonds is 6. The van der Waals surface area contributed by atoms with Crippen molar-refractivity contribution in [2.24, 2.45) is 0 Å². The first-order chi connectivity index (χ1) is 11.9. The van der Waals surface area contributed by atoms with Crippen LogP contribution < -0.4 is 9.79 Å². The Morgan fingerprint density at radius 3 is 2.24 bits per heavy atom. The second kappa shape index (κ2) is 7.96. The summed E-state index contributed by atoms with van der Waals surface area (Å²) in [5, 5.41) is 8.45. The highest BCUT2D eigenvalue weighted by atomic mass is 32.2. The third-order valence-corrected chi connectivity index (χ3v) is 5.53. The van der Waals surface area contributed by atoms with Crippen LogP contribution in [0, 0.1) is 6.92 Å². The summed E-state index contributed by atoms with van der Waals surface area (Å²) in [4.78, 5) is 11.2. The number of sulfonamides is 1. The molecule has 2 aromatic rings. The molecule has 0 saturated carbocycles. The highest BCUT2D eigenvalue weighted by molar-refractivity contribution is 7.92. The highest BCUT2D eigenvalue weighted by Gasteiger charge is 2.23. The first-order valence-electron chi connectivity index (χ1n) is 7.70. The lowest BCUT2D eigenvalue weighted by Crippen LogP contribution is -2.30. The SMILES string of the molecule is CCN(c1ccc(/C=C/C(=O)NO)cc1)S(=O)(=O)c1ccc(C)cc1. The number of anilines is 1. The molecule has 0 aliphatic heterocycles. The van der Waals surface area contributed by atoms with Crippen LogP contribution in [0.2, 0.25) is 0 Å². The minimum atomic E-state index is -3.65. The number of benzene rings is 2. The molecule has 132 valence electrons. The lowest BCUT2D eigenvalue weighted by Gasteiger charge is -2.23. The topological polar surface area (TPSA) is 86.7 Å². The third-order valence-electron chi connectivity index (χ3n) is 3.61. The van der Waals surface area contributed by atoms with E-state index in [2.05, 4.69) is 0 Å². The first-order valence-corrected chi connectivity index (χ1v) is 9.14. The lowest BCUT2D eigenvalue weighted by atomic mass is 10.2. The number of nitrogens with zero attached hydrogens (tertiary/aromatic N) is 1. The molecule has 0 aliphatic rings. The molecule has 0 bridgehead atoms. The summed E-state index contributed by atoms with van der Waals surface area (Å²) in [5.41, 5.74) is 3.73. The average Bonchev–Trinajstić information content (AvgIpc) is 2.61. The molecule has 2 rings (SSSR count). The average molecular weight is 360 g/mol. The Labute approximate surface area is 147 Å². The minimum absolute atomic E-state index is 0.239. The van der Waals surface area contributed by atoms with Crippen molar-refractivity contribution >= 4 is 27.7 Å². The van der Waals surface area contributed by atoms with Gasteiger partial charge in [-0.25, -0.2) is 13.9 Å². The van der Waals surface area contributed by atoms with E-state index in [-0.39, 0.29) is 11.4 Å². The molecule has 1 amide bonds. The van der Waals surface area contributed by atoms with Gasteiger partial charge < -0.3 is 0 Å². The van der Waals surface area contributed by atoms with Crippen LogP contribution in [-0.4, -0.2) is 26.1 Å². The van der Waals surface area contributed by atoms with Crippen LogP contribution in [0.25, 0.3) is 6.08 Å². The molecule has 7 heteroatoms. The molecule has 0 unspecified atom stereocenters. The zero-order valence-electron chi connectivity index (χ0n) is 14.0. The van der Waals surface area contributed by atoms with Crippen LogP contribution in [0.5, 0.6) is 0 Å². The highest BCUT2D eigenvalue weighted by Crippen LogP contribution is 2.24. The number of carbonyl (C=O) groups excluding carboxylic acids is 1. The van der Waals surface area contributed by atoms with E-state index < -0.39 is 15.9 Å². The van der Waals surface area contributed by atoms with Gasteiger partial charge in [-0.3, -0.25) is 14.3 Å². The van der Waals surface area contributed by atoms with E-state index in [4.69, 9.17) is 5.21 Å². The van der Waals surface area contributed by atoms with Crippen LogP contribution in [0.4, 0.5) is 5.69 Å². The summed E-state index contributed by atoms with van der Waals surface area (Å²) >= 11 is 0. The summed E-state index contributed by atoms with van der Waals surface area (Å²) in [7, 11) is -3.65. The Kier molecular flexibility index (Phi) is 5.95. The molecule has 2 N–H and O–H groups in total. The van der Waals surface area contributed by atoms with Gasteiger partial charge in [0.05, 0.1) is 10.6 Å². The first kappa shape index (κ1) is 18.7.